The first kappa shape index (κ1) is 30.4. The van der Waals surface area contributed by atoms with Crippen LogP contribution in [-0.4, -0.2) is 41.3 Å². The molecule has 0 fully saturated rings. The Hall–Kier alpha value is -5.64. The standard InChI is InChI=1S/C36H31F2N3O5/c1-41-29-10-5-4-7-24(29)34(42)31(36(41)44)30(20-11-13-21(45-2)14-12-20)33-23(26-19-22(46-3)15-16-28(26)40-33)17-18-39-35(43)25-8-6-9-27(37)32(25)38/h4-16,19,30,40,42H,17-18H2,1-3H3,(H,39,43). The topological polar surface area (TPSA) is 106 Å². The van der Waals surface area contributed by atoms with E-state index in [2.05, 4.69) is 10.3 Å². The van der Waals surface area contributed by atoms with Crippen molar-refractivity contribution >= 4 is 27.7 Å². The van der Waals surface area contributed by atoms with Crippen molar-refractivity contribution < 1.29 is 28.2 Å². The Morgan fingerprint density at radius 3 is 2.39 bits per heavy atom. The molecule has 2 heterocycles. The summed E-state index contributed by atoms with van der Waals surface area (Å²) < 4.78 is 40.5. The zero-order valence-corrected chi connectivity index (χ0v) is 25.4. The van der Waals surface area contributed by atoms with Gasteiger partial charge in [-0.25, -0.2) is 8.78 Å². The fourth-order valence-electron chi connectivity index (χ4n) is 6.00. The van der Waals surface area contributed by atoms with Crippen LogP contribution in [0.1, 0.15) is 38.7 Å². The van der Waals surface area contributed by atoms with Crippen LogP contribution in [0.5, 0.6) is 17.2 Å². The molecule has 10 heteroatoms. The van der Waals surface area contributed by atoms with Crippen LogP contribution in [0.3, 0.4) is 0 Å². The molecule has 1 atom stereocenters. The van der Waals surface area contributed by atoms with Crippen molar-refractivity contribution in [2.75, 3.05) is 20.8 Å². The number of carbonyl (C=O) groups excluding carboxylic acids is 1. The number of halogens is 2. The molecular formula is C36H31F2N3O5. The molecule has 6 aromatic rings. The van der Waals surface area contributed by atoms with Gasteiger partial charge in [0.15, 0.2) is 11.6 Å². The molecule has 1 amide bonds. The number of hydrogen-bond acceptors (Lipinski definition) is 5. The van der Waals surface area contributed by atoms with E-state index in [4.69, 9.17) is 9.47 Å². The molecule has 8 nitrogen and oxygen atoms in total. The number of hydrogen-bond donors (Lipinski definition) is 3. The molecule has 0 spiro atoms. The number of benzene rings is 4. The van der Waals surface area contributed by atoms with E-state index in [1.807, 2.05) is 24.3 Å². The molecule has 0 aliphatic rings. The van der Waals surface area contributed by atoms with Gasteiger partial charge in [-0.15, -0.1) is 0 Å². The minimum atomic E-state index is -1.22. The summed E-state index contributed by atoms with van der Waals surface area (Å²) in [6.45, 7) is 0.0585. The maximum atomic E-state index is 14.3. The Morgan fingerprint density at radius 1 is 0.935 bits per heavy atom. The van der Waals surface area contributed by atoms with E-state index in [-0.39, 0.29) is 29.8 Å². The van der Waals surface area contributed by atoms with Crippen molar-refractivity contribution in [3.8, 4) is 17.2 Å². The summed E-state index contributed by atoms with van der Waals surface area (Å²) in [5.74, 6) is -2.81. The van der Waals surface area contributed by atoms with Crippen molar-refractivity contribution in [1.82, 2.24) is 14.9 Å². The van der Waals surface area contributed by atoms with Crippen LogP contribution in [0.4, 0.5) is 8.78 Å². The number of fused-ring (bicyclic) bond motifs is 2. The lowest BCUT2D eigenvalue weighted by Gasteiger charge is -2.22. The van der Waals surface area contributed by atoms with Gasteiger partial charge in [0.2, 0.25) is 0 Å². The highest BCUT2D eigenvalue weighted by molar-refractivity contribution is 5.94. The molecule has 4 aromatic carbocycles. The number of ether oxygens (including phenoxy) is 2. The van der Waals surface area contributed by atoms with Crippen molar-refractivity contribution in [3.63, 3.8) is 0 Å². The van der Waals surface area contributed by atoms with Crippen LogP contribution in [0.2, 0.25) is 0 Å². The van der Waals surface area contributed by atoms with Crippen molar-refractivity contribution in [3.05, 3.63) is 135 Å². The second-order valence-corrected chi connectivity index (χ2v) is 10.9. The van der Waals surface area contributed by atoms with Crippen LogP contribution in [0.15, 0.2) is 89.7 Å². The van der Waals surface area contributed by atoms with Crippen LogP contribution in [-0.2, 0) is 13.5 Å². The Bertz CT molecular complexity index is 2150. The van der Waals surface area contributed by atoms with Gasteiger partial charge in [0.05, 0.1) is 36.8 Å². The van der Waals surface area contributed by atoms with Crippen molar-refractivity contribution in [2.45, 2.75) is 12.3 Å². The number of aromatic hydroxyl groups is 1. The van der Waals surface area contributed by atoms with E-state index in [0.717, 1.165) is 22.5 Å². The van der Waals surface area contributed by atoms with Gasteiger partial charge in [-0.05, 0) is 72.1 Å². The van der Waals surface area contributed by atoms with Gasteiger partial charge in [0, 0.05) is 35.6 Å². The van der Waals surface area contributed by atoms with E-state index in [1.165, 1.54) is 16.7 Å². The number of nitrogens with zero attached hydrogens (tertiary/aromatic N) is 1. The summed E-state index contributed by atoms with van der Waals surface area (Å²) in [5, 5.41) is 15.7. The lowest BCUT2D eigenvalue weighted by molar-refractivity contribution is 0.0949. The van der Waals surface area contributed by atoms with Crippen LogP contribution in [0.25, 0.3) is 21.8 Å². The Labute approximate surface area is 262 Å². The zero-order valence-electron chi connectivity index (χ0n) is 25.4. The third-order valence-corrected chi connectivity index (χ3v) is 8.34. The van der Waals surface area contributed by atoms with Gasteiger partial charge in [-0.3, -0.25) is 9.59 Å². The van der Waals surface area contributed by atoms with E-state index >= 15 is 0 Å². The highest BCUT2D eigenvalue weighted by atomic mass is 19.2. The molecule has 3 N–H and O–H groups in total. The predicted octanol–water partition coefficient (Wildman–Crippen LogP) is 6.17. The SMILES string of the molecule is COc1ccc(C(c2[nH]c3ccc(OC)cc3c2CCNC(=O)c2cccc(F)c2F)c2c(O)c3ccccc3n(C)c2=O)cc1. The molecule has 0 saturated heterocycles. The maximum Gasteiger partial charge on any atom is 0.258 e. The summed E-state index contributed by atoms with van der Waals surface area (Å²) in [6.07, 6.45) is 0.243. The Balaban J connectivity index is 1.53. The maximum absolute atomic E-state index is 14.3. The van der Waals surface area contributed by atoms with Crippen LogP contribution >= 0.6 is 0 Å². The second kappa shape index (κ2) is 12.4. The number of rotatable bonds is 9. The van der Waals surface area contributed by atoms with Gasteiger partial charge in [-0.2, -0.15) is 0 Å². The number of aromatic nitrogens is 2. The first-order valence-electron chi connectivity index (χ1n) is 14.6. The fraction of sp³-hybridized carbons (Fsp3) is 0.167. The van der Waals surface area contributed by atoms with E-state index in [0.29, 0.717) is 33.7 Å². The molecule has 2 aromatic heterocycles. The first-order chi connectivity index (χ1) is 22.2. The zero-order chi connectivity index (χ0) is 32.5. The van der Waals surface area contributed by atoms with E-state index in [9.17, 15) is 23.5 Å². The monoisotopic (exact) mass is 623 g/mol. The number of methoxy groups -OCH3 is 2. The largest absolute Gasteiger partial charge is 0.507 e. The normalized spacial score (nSPS) is 11.9. The highest BCUT2D eigenvalue weighted by Gasteiger charge is 2.30. The molecule has 0 radical (unpaired) electrons. The summed E-state index contributed by atoms with van der Waals surface area (Å²) in [7, 11) is 4.78. The first-order valence-corrected chi connectivity index (χ1v) is 14.6. The number of amides is 1. The second-order valence-electron chi connectivity index (χ2n) is 10.9. The van der Waals surface area contributed by atoms with Gasteiger partial charge in [0.25, 0.3) is 11.5 Å². The molecule has 46 heavy (non-hydrogen) atoms. The molecular weight excluding hydrogens is 592 g/mol. The molecule has 6 rings (SSSR count). The minimum absolute atomic E-state index is 0.0585. The summed E-state index contributed by atoms with van der Waals surface area (Å²) in [4.78, 5) is 30.4. The average molecular weight is 624 g/mol. The lowest BCUT2D eigenvalue weighted by Crippen LogP contribution is -2.28. The predicted molar refractivity (Wildman–Crippen MR) is 172 cm³/mol. The van der Waals surface area contributed by atoms with Crippen LogP contribution in [0, 0.1) is 11.6 Å². The van der Waals surface area contributed by atoms with Crippen molar-refractivity contribution in [2.24, 2.45) is 7.05 Å². The average Bonchev–Trinajstić information content (AvgIpc) is 3.43. The highest BCUT2D eigenvalue weighted by Crippen LogP contribution is 2.42. The third-order valence-electron chi connectivity index (χ3n) is 8.34. The number of aromatic amines is 1. The number of carbonyl (C=O) groups is 1. The lowest BCUT2D eigenvalue weighted by atomic mass is 9.85. The molecule has 0 bridgehead atoms. The van der Waals surface area contributed by atoms with Gasteiger partial charge in [-0.1, -0.05) is 30.3 Å². The molecule has 0 aliphatic carbocycles. The van der Waals surface area contributed by atoms with Crippen LogP contribution < -0.4 is 20.3 Å². The Morgan fingerprint density at radius 2 is 1.65 bits per heavy atom. The molecule has 234 valence electrons. The fourth-order valence-corrected chi connectivity index (χ4v) is 6.00. The summed E-state index contributed by atoms with van der Waals surface area (Å²) in [5.41, 5.74) is 2.76. The van der Waals surface area contributed by atoms with Gasteiger partial charge < -0.3 is 29.4 Å². The van der Waals surface area contributed by atoms with E-state index < -0.39 is 29.0 Å². The van der Waals surface area contributed by atoms with Gasteiger partial charge >= 0.3 is 0 Å². The van der Waals surface area contributed by atoms with Gasteiger partial charge in [0.1, 0.15) is 17.2 Å². The molecule has 0 saturated carbocycles. The third kappa shape index (κ3) is 5.32. The summed E-state index contributed by atoms with van der Waals surface area (Å²) >= 11 is 0. The summed E-state index contributed by atoms with van der Waals surface area (Å²) in [6, 6.07) is 23.3. The number of aryl methyl sites for hydroxylation is 1. The molecule has 1 unspecified atom stereocenters. The van der Waals surface area contributed by atoms with E-state index in [1.54, 1.807) is 63.7 Å². The number of para-hydroxylation sites is 1. The minimum Gasteiger partial charge on any atom is -0.507 e. The number of H-pyrrole nitrogens is 1. The van der Waals surface area contributed by atoms with Crippen molar-refractivity contribution in [1.29, 1.82) is 0 Å². The quantitative estimate of drug-likeness (QED) is 0.179. The number of pyridine rings is 1. The number of nitrogens with one attached hydrogen (secondary N) is 2. The smallest absolute Gasteiger partial charge is 0.258 e. The molecule has 0 aliphatic heterocycles. The Kier molecular flexibility index (Phi) is 8.19.